The molecule has 2 aliphatic heterocycles. The van der Waals surface area contributed by atoms with Gasteiger partial charge in [-0.1, -0.05) is 34.1 Å². The van der Waals surface area contributed by atoms with Crippen LogP contribution in [0.4, 0.5) is 0 Å². The number of cyclic esters (lactones) is 1. The number of hydrogen-bond acceptors (Lipinski definition) is 9. The number of sulfonamides is 1. The molecule has 0 aromatic carbocycles. The topological polar surface area (TPSA) is 134 Å². The molecule has 1 unspecified atom stereocenters. The number of nitrogens with zero attached hydrogens (tertiary/aromatic N) is 2. The number of aryl methyl sites for hydroxylation is 1. The molecule has 2 N–H and O–H groups in total. The predicted octanol–water partition coefficient (Wildman–Crippen LogP) is 3.33. The van der Waals surface area contributed by atoms with Gasteiger partial charge in [-0.05, 0) is 44.3 Å². The molecule has 3 rings (SSSR count). The van der Waals surface area contributed by atoms with Gasteiger partial charge < -0.3 is 14.9 Å². The van der Waals surface area contributed by atoms with E-state index in [4.69, 9.17) is 4.74 Å². The van der Waals surface area contributed by atoms with Crippen LogP contribution in [0.5, 0.6) is 0 Å². The summed E-state index contributed by atoms with van der Waals surface area (Å²) < 4.78 is 32.4. The largest absolute Gasteiger partial charge is 0.458 e. The number of carbonyl (C=O) groups is 2. The fraction of sp³-hybridized carbons (Fsp3) is 0.741. The summed E-state index contributed by atoms with van der Waals surface area (Å²) >= 11 is 1.50. The van der Waals surface area contributed by atoms with Gasteiger partial charge in [0.1, 0.15) is 11.9 Å². The molecule has 38 heavy (non-hydrogen) atoms. The average Bonchev–Trinajstić information content (AvgIpc) is 3.36. The molecule has 11 heteroatoms. The van der Waals surface area contributed by atoms with E-state index in [2.05, 4.69) is 4.98 Å². The summed E-state index contributed by atoms with van der Waals surface area (Å²) in [4.78, 5) is 30.7. The maximum absolute atomic E-state index is 13.3. The molecule has 1 aromatic rings. The molecule has 0 amide bonds. The molecular weight excluding hydrogens is 528 g/mol. The second-order valence-corrected chi connectivity index (χ2v) is 14.6. The third-order valence-corrected chi connectivity index (χ3v) is 10.2. The Bertz CT molecular complexity index is 1160. The maximum atomic E-state index is 13.3. The number of carbonyl (C=O) groups excluding carboxylic acids is 2. The number of aliphatic hydroxyl groups excluding tert-OH is 2. The highest BCUT2D eigenvalue weighted by molar-refractivity contribution is 7.88. The first-order valence-corrected chi connectivity index (χ1v) is 16.0. The van der Waals surface area contributed by atoms with Gasteiger partial charge in [0.2, 0.25) is 10.0 Å². The molecule has 2 fully saturated rings. The van der Waals surface area contributed by atoms with Crippen LogP contribution in [0.15, 0.2) is 11.0 Å². The summed E-state index contributed by atoms with van der Waals surface area (Å²) in [5.74, 6) is -1.92. The predicted molar refractivity (Wildman–Crippen MR) is 147 cm³/mol. The van der Waals surface area contributed by atoms with Gasteiger partial charge in [0.05, 0.1) is 41.0 Å². The van der Waals surface area contributed by atoms with Crippen LogP contribution < -0.4 is 0 Å². The molecule has 8 atom stereocenters. The van der Waals surface area contributed by atoms with Crippen molar-refractivity contribution in [1.82, 2.24) is 9.29 Å². The van der Waals surface area contributed by atoms with Gasteiger partial charge in [0, 0.05) is 29.8 Å². The van der Waals surface area contributed by atoms with Crippen molar-refractivity contribution in [1.29, 1.82) is 0 Å². The lowest BCUT2D eigenvalue weighted by Crippen LogP contribution is -2.45. The van der Waals surface area contributed by atoms with Crippen molar-refractivity contribution in [2.45, 2.75) is 104 Å². The molecule has 0 bridgehead atoms. The van der Waals surface area contributed by atoms with Gasteiger partial charge in [-0.25, -0.2) is 13.4 Å². The maximum Gasteiger partial charge on any atom is 0.309 e. The van der Waals surface area contributed by atoms with Gasteiger partial charge in [0.25, 0.3) is 0 Å². The Morgan fingerprint density at radius 1 is 1.21 bits per heavy atom. The smallest absolute Gasteiger partial charge is 0.309 e. The lowest BCUT2D eigenvalue weighted by Gasteiger charge is -2.34. The minimum atomic E-state index is -3.47. The highest BCUT2D eigenvalue weighted by atomic mass is 32.2. The van der Waals surface area contributed by atoms with Crippen molar-refractivity contribution in [2.24, 2.45) is 17.3 Å². The van der Waals surface area contributed by atoms with Crippen LogP contribution in [-0.2, 0) is 24.3 Å². The Balaban J connectivity index is 1.94. The van der Waals surface area contributed by atoms with Gasteiger partial charge in [-0.3, -0.25) is 9.59 Å². The van der Waals surface area contributed by atoms with Crippen LogP contribution in [-0.4, -0.2) is 76.3 Å². The van der Waals surface area contributed by atoms with Crippen molar-refractivity contribution in [3.63, 3.8) is 0 Å². The highest BCUT2D eigenvalue weighted by Crippen LogP contribution is 2.41. The first-order chi connectivity index (χ1) is 17.5. The summed E-state index contributed by atoms with van der Waals surface area (Å²) in [6, 6.07) is -0.542. The zero-order valence-corrected chi connectivity index (χ0v) is 25.0. The molecular formula is C27H42N2O7S2. The first kappa shape index (κ1) is 30.9. The van der Waals surface area contributed by atoms with E-state index in [0.717, 1.165) is 16.3 Å². The Labute approximate surface area is 230 Å². The van der Waals surface area contributed by atoms with E-state index < -0.39 is 52.1 Å². The van der Waals surface area contributed by atoms with Crippen molar-refractivity contribution in [3.05, 3.63) is 21.7 Å². The highest BCUT2D eigenvalue weighted by Gasteiger charge is 2.54. The minimum absolute atomic E-state index is 0.192. The summed E-state index contributed by atoms with van der Waals surface area (Å²) in [5.41, 5.74) is 0.177. The third-order valence-electron chi connectivity index (χ3n) is 8.14. The van der Waals surface area contributed by atoms with Gasteiger partial charge in [0.15, 0.2) is 0 Å². The van der Waals surface area contributed by atoms with Gasteiger partial charge in [-0.15, -0.1) is 11.3 Å². The third kappa shape index (κ3) is 7.10. The molecule has 3 heterocycles. The zero-order valence-electron chi connectivity index (χ0n) is 23.4. The van der Waals surface area contributed by atoms with Gasteiger partial charge in [-0.2, -0.15) is 4.31 Å². The SMILES string of the molecule is C/C(=C\c1csc(C)n1)[C@@H]1C[C@H]2[C@@H](CCC[C@H](C)[C@H](O)[C@@H](C)C(=O)C(C)(C)[C@@H](O)CC(=O)O1)N2S(C)(=O)=O. The first-order valence-electron chi connectivity index (χ1n) is 13.2. The number of hydrogen-bond donors (Lipinski definition) is 2. The van der Waals surface area contributed by atoms with E-state index in [9.17, 15) is 28.2 Å². The fourth-order valence-electron chi connectivity index (χ4n) is 5.54. The van der Waals surface area contributed by atoms with Crippen LogP contribution in [0.3, 0.4) is 0 Å². The molecule has 1 aromatic heterocycles. The van der Waals surface area contributed by atoms with E-state index in [0.29, 0.717) is 19.3 Å². The van der Waals surface area contributed by atoms with Crippen molar-refractivity contribution in [2.75, 3.05) is 6.26 Å². The van der Waals surface area contributed by atoms with Crippen LogP contribution >= 0.6 is 11.3 Å². The monoisotopic (exact) mass is 570 g/mol. The molecule has 0 saturated carbocycles. The number of thiazole rings is 1. The van der Waals surface area contributed by atoms with Crippen LogP contribution in [0.2, 0.25) is 0 Å². The van der Waals surface area contributed by atoms with Crippen molar-refractivity contribution < 1.29 is 33.0 Å². The normalized spacial score (nSPS) is 35.9. The fourth-order valence-corrected chi connectivity index (χ4v) is 7.51. The molecule has 0 spiro atoms. The number of ketones is 1. The number of fused-ring (bicyclic) bond motifs is 1. The minimum Gasteiger partial charge on any atom is -0.458 e. The van der Waals surface area contributed by atoms with Crippen molar-refractivity contribution >= 4 is 39.2 Å². The van der Waals surface area contributed by atoms with E-state index in [1.54, 1.807) is 20.8 Å². The van der Waals surface area contributed by atoms with E-state index in [1.165, 1.54) is 21.9 Å². The summed E-state index contributed by atoms with van der Waals surface area (Å²) in [5, 5.41) is 24.6. The van der Waals surface area contributed by atoms with Gasteiger partial charge >= 0.3 is 5.97 Å². The number of aliphatic hydroxyl groups is 2. The number of ether oxygens (including phenoxy) is 1. The number of aromatic nitrogens is 1. The van der Waals surface area contributed by atoms with Crippen molar-refractivity contribution in [3.8, 4) is 0 Å². The Hall–Kier alpha value is -1.66. The molecule has 0 aliphatic carbocycles. The quantitative estimate of drug-likeness (QED) is 0.418. The van der Waals surface area contributed by atoms with Crippen LogP contribution in [0.25, 0.3) is 6.08 Å². The lowest BCUT2D eigenvalue weighted by molar-refractivity contribution is -0.154. The summed E-state index contributed by atoms with van der Waals surface area (Å²) in [6.07, 6.45) is 1.85. The summed E-state index contributed by atoms with van der Waals surface area (Å²) in [7, 11) is -3.47. The van der Waals surface area contributed by atoms with Crippen LogP contribution in [0, 0.1) is 24.2 Å². The molecule has 9 nitrogen and oxygen atoms in total. The molecule has 214 valence electrons. The van der Waals surface area contributed by atoms with E-state index in [-0.39, 0.29) is 30.2 Å². The standard InChI is InChI=1S/C27H42N2O7S2/c1-15-9-8-10-20-21(29(20)38(7,34)35)12-22(16(2)11-19-14-37-18(4)28-19)36-24(31)13-23(30)27(5,6)26(33)17(3)25(15)32/h11,14-15,17,20-23,25,30,32H,8-10,12-13H2,1-7H3/b16-11+/t15-,17+,20+,21-,22-,23-,25-,29?/m0/s1. The number of esters is 1. The van der Waals surface area contributed by atoms with E-state index >= 15 is 0 Å². The summed E-state index contributed by atoms with van der Waals surface area (Å²) in [6.45, 7) is 10.4. The molecule has 2 aliphatic rings. The second kappa shape index (κ2) is 11.8. The number of rotatable bonds is 3. The molecule has 0 radical (unpaired) electrons. The number of Topliss-reactive ketones (excluding diaryl/α,β-unsaturated/α-hetero) is 1. The Kier molecular flexibility index (Phi) is 9.62. The van der Waals surface area contributed by atoms with E-state index in [1.807, 2.05) is 32.2 Å². The average molecular weight is 571 g/mol. The van der Waals surface area contributed by atoms with Crippen LogP contribution in [0.1, 0.15) is 77.4 Å². The molecule has 2 saturated heterocycles. The zero-order chi connectivity index (χ0) is 28.6. The lowest BCUT2D eigenvalue weighted by atomic mass is 9.73. The second-order valence-electron chi connectivity index (χ2n) is 11.6. The Morgan fingerprint density at radius 3 is 2.45 bits per heavy atom. The Morgan fingerprint density at radius 2 is 1.87 bits per heavy atom.